The number of carbonyl (C=O) groups excluding carboxylic acids is 1. The lowest BCUT2D eigenvalue weighted by Gasteiger charge is -2.54. The molecule has 11 heavy (non-hydrogen) atoms. The zero-order valence-corrected chi connectivity index (χ0v) is 7.00. The lowest BCUT2D eigenvalue weighted by Crippen LogP contribution is -2.59. The third-order valence-corrected chi connectivity index (χ3v) is 3.67. The van der Waals surface area contributed by atoms with E-state index in [9.17, 15) is 9.90 Å². The van der Waals surface area contributed by atoms with Gasteiger partial charge in [-0.05, 0) is 31.1 Å². The molecule has 0 aromatic rings. The lowest BCUT2D eigenvalue weighted by atomic mass is 9.52. The van der Waals surface area contributed by atoms with Gasteiger partial charge in [0.2, 0.25) is 0 Å². The highest BCUT2D eigenvalue weighted by Gasteiger charge is 2.56. The van der Waals surface area contributed by atoms with Gasteiger partial charge in [0.1, 0.15) is 5.60 Å². The third kappa shape index (κ3) is 0.734. The van der Waals surface area contributed by atoms with Crippen molar-refractivity contribution in [3.8, 4) is 0 Å². The molecule has 3 aliphatic rings. The molecule has 3 rings (SSSR count). The number of rotatable bonds is 0. The van der Waals surface area contributed by atoms with Crippen molar-refractivity contribution < 1.29 is 9.90 Å². The van der Waals surface area contributed by atoms with Crippen LogP contribution in [0.3, 0.4) is 0 Å². The van der Waals surface area contributed by atoms with Gasteiger partial charge in [0.05, 0.1) is 0 Å². The van der Waals surface area contributed by atoms with Crippen LogP contribution in [0.4, 0.5) is 0 Å². The maximum absolute atomic E-state index is 11.3. The first-order chi connectivity index (χ1) is 5.03. The molecule has 0 aromatic heterocycles. The molecule has 0 aliphatic heterocycles. The van der Waals surface area contributed by atoms with Crippen molar-refractivity contribution in [2.24, 2.45) is 17.8 Å². The summed E-state index contributed by atoms with van der Waals surface area (Å²) in [5.41, 5.74) is -1.01. The van der Waals surface area contributed by atoms with E-state index in [1.54, 1.807) is 6.92 Å². The highest BCUT2D eigenvalue weighted by atomic mass is 16.3. The normalized spacial score (nSPS) is 55.5. The summed E-state index contributed by atoms with van der Waals surface area (Å²) in [5.74, 6) is 1.43. The highest BCUT2D eigenvalue weighted by Crippen LogP contribution is 2.53. The number of hydrogen-bond acceptors (Lipinski definition) is 2. The highest BCUT2D eigenvalue weighted by molar-refractivity contribution is 5.89. The molecular weight excluding hydrogens is 140 g/mol. The van der Waals surface area contributed by atoms with Crippen LogP contribution in [0, 0.1) is 17.8 Å². The van der Waals surface area contributed by atoms with Crippen LogP contribution in [-0.4, -0.2) is 16.5 Å². The zero-order valence-electron chi connectivity index (χ0n) is 7.00. The van der Waals surface area contributed by atoms with Crippen LogP contribution in [0.1, 0.15) is 26.7 Å². The molecule has 1 N–H and O–H groups in total. The quantitative estimate of drug-likeness (QED) is 0.564. The molecule has 3 fully saturated rings. The van der Waals surface area contributed by atoms with Gasteiger partial charge in [-0.25, -0.2) is 0 Å². The number of hydrogen-bond donors (Lipinski definition) is 1. The molecule has 0 radical (unpaired) electrons. The molecule has 0 heterocycles. The Morgan fingerprint density at radius 2 is 2.27 bits per heavy atom. The summed E-state index contributed by atoms with van der Waals surface area (Å²) in [6, 6.07) is 0. The Bertz CT molecular complexity index is 208. The Morgan fingerprint density at radius 3 is 2.64 bits per heavy atom. The molecule has 3 aliphatic carbocycles. The van der Waals surface area contributed by atoms with Gasteiger partial charge in [-0.2, -0.15) is 0 Å². The van der Waals surface area contributed by atoms with Crippen LogP contribution in [-0.2, 0) is 4.79 Å². The van der Waals surface area contributed by atoms with Gasteiger partial charge in [-0.15, -0.1) is 0 Å². The summed E-state index contributed by atoms with van der Waals surface area (Å²) in [6.07, 6.45) is 1.66. The van der Waals surface area contributed by atoms with Crippen molar-refractivity contribution in [3.63, 3.8) is 0 Å². The molecule has 0 spiro atoms. The van der Waals surface area contributed by atoms with E-state index in [0.717, 1.165) is 6.42 Å². The minimum Gasteiger partial charge on any atom is -0.382 e. The van der Waals surface area contributed by atoms with Crippen LogP contribution in [0.25, 0.3) is 0 Å². The van der Waals surface area contributed by atoms with Gasteiger partial charge in [-0.3, -0.25) is 4.79 Å². The molecule has 3 saturated carbocycles. The summed E-state index contributed by atoms with van der Waals surface area (Å²) < 4.78 is 0. The van der Waals surface area contributed by atoms with E-state index in [-0.39, 0.29) is 11.7 Å². The molecule has 2 nitrogen and oxygen atoms in total. The molecule has 1 unspecified atom stereocenters. The molecular formula is C9H14O2. The van der Waals surface area contributed by atoms with Gasteiger partial charge >= 0.3 is 0 Å². The van der Waals surface area contributed by atoms with E-state index in [2.05, 4.69) is 6.92 Å². The van der Waals surface area contributed by atoms with E-state index in [1.807, 2.05) is 0 Å². The minimum atomic E-state index is -1.01. The second-order valence-electron chi connectivity index (χ2n) is 4.24. The van der Waals surface area contributed by atoms with Crippen LogP contribution in [0.5, 0.6) is 0 Å². The van der Waals surface area contributed by atoms with Gasteiger partial charge < -0.3 is 5.11 Å². The Morgan fingerprint density at radius 1 is 1.64 bits per heavy atom. The van der Waals surface area contributed by atoms with Crippen molar-refractivity contribution in [1.29, 1.82) is 0 Å². The Kier molecular flexibility index (Phi) is 1.23. The number of Topliss-reactive ketones (excluding diaryl/α,β-unsaturated/α-hetero) is 1. The van der Waals surface area contributed by atoms with Crippen LogP contribution in [0.15, 0.2) is 0 Å². The first-order valence-corrected chi connectivity index (χ1v) is 4.29. The molecule has 2 heteroatoms. The summed E-state index contributed by atoms with van der Waals surface area (Å²) in [6.45, 7) is 3.81. The van der Waals surface area contributed by atoms with Crippen LogP contribution >= 0.6 is 0 Å². The largest absolute Gasteiger partial charge is 0.382 e. The topological polar surface area (TPSA) is 37.3 Å². The average Bonchev–Trinajstić information content (AvgIpc) is 1.92. The second-order valence-corrected chi connectivity index (χ2v) is 4.24. The average molecular weight is 154 g/mol. The van der Waals surface area contributed by atoms with Crippen molar-refractivity contribution in [2.45, 2.75) is 32.3 Å². The maximum Gasteiger partial charge on any atom is 0.164 e. The molecule has 0 amide bonds. The number of fused-ring (bicyclic) bond motifs is 2. The summed E-state index contributed by atoms with van der Waals surface area (Å²) in [5, 5.41) is 9.77. The van der Waals surface area contributed by atoms with Crippen molar-refractivity contribution in [2.75, 3.05) is 0 Å². The number of carbonyl (C=O) groups is 1. The van der Waals surface area contributed by atoms with Crippen molar-refractivity contribution >= 4 is 5.78 Å². The monoisotopic (exact) mass is 154 g/mol. The Labute approximate surface area is 66.6 Å². The maximum atomic E-state index is 11.3. The lowest BCUT2D eigenvalue weighted by molar-refractivity contribution is -0.173. The van der Waals surface area contributed by atoms with Crippen molar-refractivity contribution in [1.82, 2.24) is 0 Å². The Hall–Kier alpha value is -0.370. The summed E-state index contributed by atoms with van der Waals surface area (Å²) >= 11 is 0. The molecule has 0 saturated heterocycles. The van der Waals surface area contributed by atoms with E-state index >= 15 is 0 Å². The zero-order chi connectivity index (χ0) is 8.22. The van der Waals surface area contributed by atoms with Crippen LogP contribution in [0.2, 0.25) is 0 Å². The SMILES string of the molecule is CC1[C@@H]2CC(=O)[C@@](C)(O)[C@H]1C2. The molecule has 2 bridgehead atoms. The van der Waals surface area contributed by atoms with Gasteiger partial charge in [0.15, 0.2) is 5.78 Å². The number of aliphatic hydroxyl groups is 1. The number of ketones is 1. The first-order valence-electron chi connectivity index (χ1n) is 4.29. The van der Waals surface area contributed by atoms with E-state index in [0.29, 0.717) is 18.3 Å². The molecule has 62 valence electrons. The second kappa shape index (κ2) is 1.86. The smallest absolute Gasteiger partial charge is 0.164 e. The fourth-order valence-corrected chi connectivity index (χ4v) is 2.55. The van der Waals surface area contributed by atoms with Gasteiger partial charge in [0, 0.05) is 6.42 Å². The standard InChI is InChI=1S/C9H14O2/c1-5-6-3-7(5)9(2,11)8(10)4-6/h5-7,11H,3-4H2,1-2H3/t5?,6-,7-,9-/m0/s1. The minimum absolute atomic E-state index is 0.0526. The van der Waals surface area contributed by atoms with E-state index in [1.165, 1.54) is 0 Å². The third-order valence-electron chi connectivity index (χ3n) is 3.67. The molecule has 0 aromatic carbocycles. The fourth-order valence-electron chi connectivity index (χ4n) is 2.55. The first kappa shape index (κ1) is 7.29. The van der Waals surface area contributed by atoms with Gasteiger partial charge in [-0.1, -0.05) is 6.92 Å². The summed E-state index contributed by atoms with van der Waals surface area (Å²) in [7, 11) is 0. The Balaban J connectivity index is 2.26. The van der Waals surface area contributed by atoms with Crippen molar-refractivity contribution in [3.05, 3.63) is 0 Å². The van der Waals surface area contributed by atoms with E-state index < -0.39 is 5.60 Å². The fraction of sp³-hybridized carbons (Fsp3) is 0.889. The molecule has 4 atom stereocenters. The predicted octanol–water partition coefficient (Wildman–Crippen LogP) is 0.982. The predicted molar refractivity (Wildman–Crippen MR) is 41.0 cm³/mol. The summed E-state index contributed by atoms with van der Waals surface area (Å²) in [4.78, 5) is 11.3. The van der Waals surface area contributed by atoms with E-state index in [4.69, 9.17) is 0 Å². The van der Waals surface area contributed by atoms with Crippen LogP contribution < -0.4 is 0 Å². The van der Waals surface area contributed by atoms with Gasteiger partial charge in [0.25, 0.3) is 0 Å².